The molecule has 4 rings (SSSR count). The van der Waals surface area contributed by atoms with Crippen LogP contribution in [0.15, 0.2) is 42.5 Å². The van der Waals surface area contributed by atoms with Crippen molar-refractivity contribution in [3.63, 3.8) is 0 Å². The van der Waals surface area contributed by atoms with Crippen molar-refractivity contribution in [2.75, 3.05) is 44.5 Å². The standard InChI is InChI=1S/C28H35FN4O5/c1-17-14-33(26(34)19-8-9-19)18(2)16-38-24-11-10-22(13-23(24)27(35)32(3)15-25(17)37-4)31-28(36)30-21-7-5-6-20(29)12-21/h5-7,10-13,17-19,25H,8-9,14-16H2,1-4H3,(H2,30,31,36)/t17-,18-,25-/m0/s1. The van der Waals surface area contributed by atoms with E-state index in [4.69, 9.17) is 9.47 Å². The van der Waals surface area contributed by atoms with E-state index in [0.717, 1.165) is 12.8 Å². The maximum absolute atomic E-state index is 13.5. The average molecular weight is 527 g/mol. The monoisotopic (exact) mass is 526 g/mol. The molecule has 0 bridgehead atoms. The van der Waals surface area contributed by atoms with Crippen LogP contribution in [-0.4, -0.2) is 73.6 Å². The van der Waals surface area contributed by atoms with Crippen LogP contribution in [0.4, 0.5) is 20.6 Å². The van der Waals surface area contributed by atoms with Crippen LogP contribution < -0.4 is 15.4 Å². The first kappa shape index (κ1) is 27.4. The fraction of sp³-hybridized carbons (Fsp3) is 0.464. The summed E-state index contributed by atoms with van der Waals surface area (Å²) in [7, 11) is 3.29. The molecule has 0 radical (unpaired) electrons. The molecule has 0 saturated heterocycles. The van der Waals surface area contributed by atoms with E-state index in [2.05, 4.69) is 10.6 Å². The highest BCUT2D eigenvalue weighted by Gasteiger charge is 2.37. The summed E-state index contributed by atoms with van der Waals surface area (Å²) in [6, 6.07) is 9.56. The highest BCUT2D eigenvalue weighted by atomic mass is 19.1. The summed E-state index contributed by atoms with van der Waals surface area (Å²) in [6.45, 7) is 5.00. The quantitative estimate of drug-likeness (QED) is 0.622. The zero-order valence-corrected chi connectivity index (χ0v) is 22.2. The third-order valence-corrected chi connectivity index (χ3v) is 6.99. The van der Waals surface area contributed by atoms with Crippen LogP contribution in [0, 0.1) is 17.7 Å². The maximum Gasteiger partial charge on any atom is 0.323 e. The molecule has 2 aliphatic rings. The number of carbonyl (C=O) groups is 3. The van der Waals surface area contributed by atoms with Crippen molar-refractivity contribution < 1.29 is 28.2 Å². The van der Waals surface area contributed by atoms with Gasteiger partial charge in [-0.05, 0) is 56.2 Å². The number of likely N-dealkylation sites (N-methyl/N-ethyl adjacent to an activating group) is 1. The van der Waals surface area contributed by atoms with Crippen LogP contribution in [-0.2, 0) is 9.53 Å². The van der Waals surface area contributed by atoms with Gasteiger partial charge >= 0.3 is 6.03 Å². The van der Waals surface area contributed by atoms with Gasteiger partial charge in [-0.15, -0.1) is 0 Å². The van der Waals surface area contributed by atoms with Crippen molar-refractivity contribution >= 4 is 29.2 Å². The summed E-state index contributed by atoms with van der Waals surface area (Å²) < 4.78 is 25.3. The van der Waals surface area contributed by atoms with Gasteiger partial charge in [-0.2, -0.15) is 0 Å². The molecular weight excluding hydrogens is 491 g/mol. The van der Waals surface area contributed by atoms with Gasteiger partial charge in [0, 0.05) is 50.5 Å². The van der Waals surface area contributed by atoms with E-state index >= 15 is 0 Å². The van der Waals surface area contributed by atoms with Crippen molar-refractivity contribution in [1.82, 2.24) is 9.80 Å². The van der Waals surface area contributed by atoms with Crippen molar-refractivity contribution in [3.8, 4) is 5.75 Å². The Hall–Kier alpha value is -3.66. The summed E-state index contributed by atoms with van der Waals surface area (Å²) in [5, 5.41) is 5.25. The Morgan fingerprint density at radius 2 is 1.76 bits per heavy atom. The number of nitrogens with one attached hydrogen (secondary N) is 2. The molecule has 0 unspecified atom stereocenters. The van der Waals surface area contributed by atoms with E-state index < -0.39 is 11.8 Å². The van der Waals surface area contributed by atoms with Crippen molar-refractivity contribution in [3.05, 3.63) is 53.8 Å². The van der Waals surface area contributed by atoms with Gasteiger partial charge in [-0.1, -0.05) is 13.0 Å². The molecule has 1 saturated carbocycles. The fourth-order valence-electron chi connectivity index (χ4n) is 4.59. The largest absolute Gasteiger partial charge is 0.491 e. The van der Waals surface area contributed by atoms with Gasteiger partial charge in [0.2, 0.25) is 5.91 Å². The molecule has 2 aromatic carbocycles. The molecule has 1 aliphatic carbocycles. The molecule has 2 N–H and O–H groups in total. The van der Waals surface area contributed by atoms with Gasteiger partial charge in [0.1, 0.15) is 18.2 Å². The van der Waals surface area contributed by atoms with Gasteiger partial charge in [-0.25, -0.2) is 9.18 Å². The lowest BCUT2D eigenvalue weighted by molar-refractivity contribution is -0.136. The number of hydrogen-bond donors (Lipinski definition) is 2. The number of halogens is 1. The van der Waals surface area contributed by atoms with Crippen LogP contribution in [0.2, 0.25) is 0 Å². The summed E-state index contributed by atoms with van der Waals surface area (Å²) in [6.07, 6.45) is 1.54. The molecule has 204 valence electrons. The first-order chi connectivity index (χ1) is 18.2. The highest BCUT2D eigenvalue weighted by molar-refractivity contribution is 6.02. The Morgan fingerprint density at radius 1 is 1.05 bits per heavy atom. The SMILES string of the molecule is CO[C@H]1CN(C)C(=O)c2cc(NC(=O)Nc3cccc(F)c3)ccc2OC[C@H](C)N(C(=O)C2CC2)C[C@@H]1C. The van der Waals surface area contributed by atoms with Crippen LogP contribution in [0.5, 0.6) is 5.75 Å². The number of urea groups is 1. The lowest BCUT2D eigenvalue weighted by Gasteiger charge is -2.36. The summed E-state index contributed by atoms with van der Waals surface area (Å²) in [5.74, 6) is -0.216. The third kappa shape index (κ3) is 6.61. The van der Waals surface area contributed by atoms with Gasteiger partial charge in [0.05, 0.1) is 17.7 Å². The van der Waals surface area contributed by atoms with E-state index in [1.807, 2.05) is 18.7 Å². The minimum absolute atomic E-state index is 0.0150. The fourth-order valence-corrected chi connectivity index (χ4v) is 4.59. The van der Waals surface area contributed by atoms with Crippen LogP contribution in [0.25, 0.3) is 0 Å². The number of methoxy groups -OCH3 is 1. The summed E-state index contributed by atoms with van der Waals surface area (Å²) >= 11 is 0. The maximum atomic E-state index is 13.5. The second-order valence-corrected chi connectivity index (χ2v) is 10.2. The number of nitrogens with zero attached hydrogens (tertiary/aromatic N) is 2. The molecule has 3 atom stereocenters. The van der Waals surface area contributed by atoms with Gasteiger partial charge in [-0.3, -0.25) is 9.59 Å². The molecule has 4 amide bonds. The van der Waals surface area contributed by atoms with E-state index in [0.29, 0.717) is 30.2 Å². The van der Waals surface area contributed by atoms with E-state index in [9.17, 15) is 18.8 Å². The predicted octanol–water partition coefficient (Wildman–Crippen LogP) is 4.21. The predicted molar refractivity (Wildman–Crippen MR) is 142 cm³/mol. The number of carbonyl (C=O) groups excluding carboxylic acids is 3. The molecule has 0 spiro atoms. The zero-order chi connectivity index (χ0) is 27.4. The summed E-state index contributed by atoms with van der Waals surface area (Å²) in [5.41, 5.74) is 0.934. The molecule has 1 heterocycles. The van der Waals surface area contributed by atoms with Crippen molar-refractivity contribution in [2.45, 2.75) is 38.8 Å². The smallest absolute Gasteiger partial charge is 0.323 e. The molecule has 9 nitrogen and oxygen atoms in total. The van der Waals surface area contributed by atoms with Crippen LogP contribution >= 0.6 is 0 Å². The number of rotatable bonds is 4. The molecular formula is C28H35FN4O5. The molecule has 38 heavy (non-hydrogen) atoms. The minimum Gasteiger partial charge on any atom is -0.491 e. The average Bonchev–Trinajstić information content (AvgIpc) is 3.73. The van der Waals surface area contributed by atoms with E-state index in [1.54, 1.807) is 43.3 Å². The topological polar surface area (TPSA) is 100 Å². The zero-order valence-electron chi connectivity index (χ0n) is 22.2. The lowest BCUT2D eigenvalue weighted by Crippen LogP contribution is -2.49. The van der Waals surface area contributed by atoms with Crippen molar-refractivity contribution in [1.29, 1.82) is 0 Å². The molecule has 1 fully saturated rings. The summed E-state index contributed by atoms with van der Waals surface area (Å²) in [4.78, 5) is 42.5. The molecule has 1 aliphatic heterocycles. The molecule has 0 aromatic heterocycles. The first-order valence-electron chi connectivity index (χ1n) is 12.9. The second-order valence-electron chi connectivity index (χ2n) is 10.2. The highest BCUT2D eigenvalue weighted by Crippen LogP contribution is 2.33. The number of fused-ring (bicyclic) bond motifs is 1. The Bertz CT molecular complexity index is 1190. The lowest BCUT2D eigenvalue weighted by atomic mass is 10.0. The molecule has 2 aromatic rings. The third-order valence-electron chi connectivity index (χ3n) is 6.99. The number of amides is 4. The Labute approximate surface area is 222 Å². The van der Waals surface area contributed by atoms with Gasteiger partial charge in [0.25, 0.3) is 5.91 Å². The number of hydrogen-bond acceptors (Lipinski definition) is 5. The van der Waals surface area contributed by atoms with Gasteiger partial charge < -0.3 is 29.9 Å². The van der Waals surface area contributed by atoms with E-state index in [-0.39, 0.29) is 48.0 Å². The van der Waals surface area contributed by atoms with E-state index in [1.165, 1.54) is 18.2 Å². The first-order valence-corrected chi connectivity index (χ1v) is 12.9. The van der Waals surface area contributed by atoms with Crippen LogP contribution in [0.1, 0.15) is 37.0 Å². The van der Waals surface area contributed by atoms with Gasteiger partial charge in [0.15, 0.2) is 0 Å². The Morgan fingerprint density at radius 3 is 2.42 bits per heavy atom. The number of ether oxygens (including phenoxy) is 2. The number of anilines is 2. The van der Waals surface area contributed by atoms with Crippen molar-refractivity contribution in [2.24, 2.45) is 11.8 Å². The Kier molecular flexibility index (Phi) is 8.51. The molecule has 10 heteroatoms. The minimum atomic E-state index is -0.582. The normalized spacial score (nSPS) is 22.4. The second kappa shape index (κ2) is 11.8. The van der Waals surface area contributed by atoms with Crippen LogP contribution in [0.3, 0.4) is 0 Å². The Balaban J connectivity index is 1.58. The number of benzene rings is 2.